The summed E-state index contributed by atoms with van der Waals surface area (Å²) >= 11 is 0. The maximum Gasteiger partial charge on any atom is 0.324 e. The Bertz CT molecular complexity index is 1080. The van der Waals surface area contributed by atoms with Gasteiger partial charge in [0.1, 0.15) is 11.6 Å². The normalized spacial score (nSPS) is 13.9. The first kappa shape index (κ1) is 20.5. The molecule has 8 heteroatoms. The average Bonchev–Trinajstić information content (AvgIpc) is 3.32. The van der Waals surface area contributed by atoms with Gasteiger partial charge in [0.2, 0.25) is 0 Å². The Balaban J connectivity index is 1.57. The zero-order chi connectivity index (χ0) is 21.8. The van der Waals surface area contributed by atoms with Crippen molar-refractivity contribution in [3.63, 3.8) is 0 Å². The fourth-order valence-corrected chi connectivity index (χ4v) is 3.56. The number of nitrogens with one attached hydrogen (secondary N) is 1. The van der Waals surface area contributed by atoms with Crippen molar-refractivity contribution in [2.24, 2.45) is 0 Å². The molecule has 2 aromatic carbocycles. The lowest BCUT2D eigenvalue weighted by Gasteiger charge is -2.36. The minimum atomic E-state index is -0.396. The number of methoxy groups -OCH3 is 1. The largest absolute Gasteiger partial charge is 0.495 e. The van der Waals surface area contributed by atoms with Crippen LogP contribution in [0.15, 0.2) is 65.3 Å². The first-order valence-corrected chi connectivity index (χ1v) is 9.89. The van der Waals surface area contributed by atoms with Crippen LogP contribution in [0.25, 0.3) is 0 Å². The lowest BCUT2D eigenvalue weighted by molar-refractivity contribution is 0.0996. The van der Waals surface area contributed by atoms with Crippen LogP contribution in [0.2, 0.25) is 0 Å². The molecule has 160 valence electrons. The standard InChI is InChI=1S/C23H22FN3O4/c1-30-20-10-9-17(25-22(28)21-8-4-13-31-21)14-19(20)27-12-5-11-26(23(27)29)15-16-6-2-3-7-18(16)24/h2-4,6-10,13-14H,5,11-12,15H2,1H3,(H,25,28). The number of carbonyl (C=O) groups excluding carboxylic acids is 2. The van der Waals surface area contributed by atoms with Gasteiger partial charge in [-0.25, -0.2) is 9.18 Å². The van der Waals surface area contributed by atoms with Crippen molar-refractivity contribution in [1.29, 1.82) is 0 Å². The third-order valence-corrected chi connectivity index (χ3v) is 5.10. The number of nitrogens with zero attached hydrogens (tertiary/aromatic N) is 2. The second kappa shape index (κ2) is 8.91. The number of halogens is 1. The van der Waals surface area contributed by atoms with E-state index in [0.29, 0.717) is 42.2 Å². The summed E-state index contributed by atoms with van der Waals surface area (Å²) in [6.45, 7) is 1.19. The smallest absolute Gasteiger partial charge is 0.324 e. The second-order valence-corrected chi connectivity index (χ2v) is 7.12. The molecule has 0 atom stereocenters. The van der Waals surface area contributed by atoms with Crippen molar-refractivity contribution in [3.8, 4) is 5.75 Å². The molecule has 2 heterocycles. The molecule has 0 saturated carbocycles. The fraction of sp³-hybridized carbons (Fsp3) is 0.217. The van der Waals surface area contributed by atoms with Crippen LogP contribution >= 0.6 is 0 Å². The molecule has 1 saturated heterocycles. The number of amides is 3. The van der Waals surface area contributed by atoms with Crippen molar-refractivity contribution >= 4 is 23.3 Å². The molecule has 1 aliphatic heterocycles. The number of ether oxygens (including phenoxy) is 1. The predicted molar refractivity (Wildman–Crippen MR) is 114 cm³/mol. The van der Waals surface area contributed by atoms with Crippen molar-refractivity contribution in [1.82, 2.24) is 4.90 Å². The molecule has 1 aliphatic rings. The molecule has 31 heavy (non-hydrogen) atoms. The zero-order valence-corrected chi connectivity index (χ0v) is 17.0. The highest BCUT2D eigenvalue weighted by atomic mass is 19.1. The molecule has 1 aromatic heterocycles. The highest BCUT2D eigenvalue weighted by Gasteiger charge is 2.29. The number of carbonyl (C=O) groups is 2. The van der Waals surface area contributed by atoms with E-state index in [-0.39, 0.29) is 24.2 Å². The van der Waals surface area contributed by atoms with Crippen LogP contribution in [0.1, 0.15) is 22.5 Å². The lowest BCUT2D eigenvalue weighted by Crippen LogP contribution is -2.49. The van der Waals surface area contributed by atoms with Crippen LogP contribution in [0, 0.1) is 5.82 Å². The Labute approximate surface area is 179 Å². The van der Waals surface area contributed by atoms with Crippen LogP contribution in [0.3, 0.4) is 0 Å². The van der Waals surface area contributed by atoms with Gasteiger partial charge in [-0.3, -0.25) is 9.69 Å². The lowest BCUT2D eigenvalue weighted by atomic mass is 10.1. The summed E-state index contributed by atoms with van der Waals surface area (Å²) in [7, 11) is 1.52. The number of anilines is 2. The molecule has 1 fully saturated rings. The molecule has 0 spiro atoms. The minimum absolute atomic E-state index is 0.180. The quantitative estimate of drug-likeness (QED) is 0.633. The van der Waals surface area contributed by atoms with E-state index >= 15 is 0 Å². The van der Waals surface area contributed by atoms with Gasteiger partial charge in [-0.1, -0.05) is 18.2 Å². The van der Waals surface area contributed by atoms with Crippen molar-refractivity contribution < 1.29 is 23.1 Å². The van der Waals surface area contributed by atoms with Crippen LogP contribution in [0.5, 0.6) is 5.75 Å². The molecular weight excluding hydrogens is 401 g/mol. The summed E-state index contributed by atoms with van der Waals surface area (Å²) in [6, 6.07) is 14.4. The number of hydrogen-bond acceptors (Lipinski definition) is 4. The van der Waals surface area contributed by atoms with Gasteiger partial charge < -0.3 is 19.4 Å². The Morgan fingerprint density at radius 3 is 2.74 bits per heavy atom. The van der Waals surface area contributed by atoms with Crippen LogP contribution in [0.4, 0.5) is 20.6 Å². The van der Waals surface area contributed by atoms with Gasteiger partial charge in [0.25, 0.3) is 5.91 Å². The van der Waals surface area contributed by atoms with Gasteiger partial charge in [0, 0.05) is 24.3 Å². The Hall–Kier alpha value is -3.81. The molecule has 3 aromatic rings. The molecular formula is C23H22FN3O4. The topological polar surface area (TPSA) is 75.0 Å². The third-order valence-electron chi connectivity index (χ3n) is 5.10. The van der Waals surface area contributed by atoms with Gasteiger partial charge in [-0.2, -0.15) is 0 Å². The highest BCUT2D eigenvalue weighted by Crippen LogP contribution is 2.34. The molecule has 0 unspecified atom stereocenters. The van der Waals surface area contributed by atoms with Gasteiger partial charge in [-0.05, 0) is 42.8 Å². The molecule has 1 N–H and O–H groups in total. The van der Waals surface area contributed by atoms with Crippen LogP contribution in [-0.4, -0.2) is 37.0 Å². The van der Waals surface area contributed by atoms with E-state index in [4.69, 9.17) is 9.15 Å². The Kier molecular flexibility index (Phi) is 5.88. The number of furan rings is 1. The molecule has 4 rings (SSSR count). The van der Waals surface area contributed by atoms with E-state index in [1.807, 2.05) is 0 Å². The van der Waals surface area contributed by atoms with Crippen molar-refractivity contribution in [3.05, 3.63) is 78.0 Å². The van der Waals surface area contributed by atoms with E-state index in [1.165, 1.54) is 19.4 Å². The first-order valence-electron chi connectivity index (χ1n) is 9.89. The van der Waals surface area contributed by atoms with E-state index < -0.39 is 5.91 Å². The minimum Gasteiger partial charge on any atom is -0.495 e. The van der Waals surface area contributed by atoms with Gasteiger partial charge in [-0.15, -0.1) is 0 Å². The van der Waals surface area contributed by atoms with Gasteiger partial charge in [0.15, 0.2) is 5.76 Å². The fourth-order valence-electron chi connectivity index (χ4n) is 3.56. The number of benzene rings is 2. The summed E-state index contributed by atoms with van der Waals surface area (Å²) in [5.74, 6) is -0.0560. The Morgan fingerprint density at radius 2 is 2.00 bits per heavy atom. The number of hydrogen-bond donors (Lipinski definition) is 1. The van der Waals surface area contributed by atoms with E-state index in [2.05, 4.69) is 5.32 Å². The summed E-state index contributed by atoms with van der Waals surface area (Å²) < 4.78 is 24.6. The maximum absolute atomic E-state index is 14.1. The van der Waals surface area contributed by atoms with E-state index in [9.17, 15) is 14.0 Å². The molecule has 7 nitrogen and oxygen atoms in total. The molecule has 0 radical (unpaired) electrons. The second-order valence-electron chi connectivity index (χ2n) is 7.12. The summed E-state index contributed by atoms with van der Waals surface area (Å²) in [5, 5.41) is 2.76. The zero-order valence-electron chi connectivity index (χ0n) is 17.0. The Morgan fingerprint density at radius 1 is 1.16 bits per heavy atom. The summed E-state index contributed by atoms with van der Waals surface area (Å²) in [6.07, 6.45) is 2.14. The number of rotatable bonds is 6. The highest BCUT2D eigenvalue weighted by molar-refractivity contribution is 6.03. The molecule has 0 aliphatic carbocycles. The predicted octanol–water partition coefficient (Wildman–Crippen LogP) is 4.51. The SMILES string of the molecule is COc1ccc(NC(=O)c2ccco2)cc1N1CCCN(Cc2ccccc2F)C1=O. The van der Waals surface area contributed by atoms with Crippen molar-refractivity contribution in [2.75, 3.05) is 30.4 Å². The van der Waals surface area contributed by atoms with Crippen LogP contribution in [-0.2, 0) is 6.54 Å². The maximum atomic E-state index is 14.1. The third kappa shape index (κ3) is 4.37. The van der Waals surface area contributed by atoms with Crippen LogP contribution < -0.4 is 15.0 Å². The number of urea groups is 1. The van der Waals surface area contributed by atoms with Gasteiger partial charge >= 0.3 is 6.03 Å². The molecule has 0 bridgehead atoms. The van der Waals surface area contributed by atoms with E-state index in [0.717, 1.165) is 0 Å². The average molecular weight is 423 g/mol. The van der Waals surface area contributed by atoms with Gasteiger partial charge in [0.05, 0.1) is 25.6 Å². The molecule has 3 amide bonds. The summed E-state index contributed by atoms with van der Waals surface area (Å²) in [5.41, 5.74) is 1.49. The monoisotopic (exact) mass is 423 g/mol. The summed E-state index contributed by atoms with van der Waals surface area (Å²) in [4.78, 5) is 28.7. The van der Waals surface area contributed by atoms with Crippen molar-refractivity contribution in [2.45, 2.75) is 13.0 Å². The first-order chi connectivity index (χ1) is 15.1. The van der Waals surface area contributed by atoms with E-state index in [1.54, 1.807) is 58.3 Å².